The summed E-state index contributed by atoms with van der Waals surface area (Å²) in [5, 5.41) is 8.57. The first-order valence-corrected chi connectivity index (χ1v) is 11.7. The predicted molar refractivity (Wildman–Crippen MR) is 143 cm³/mol. The first kappa shape index (κ1) is 26.3. The molecule has 0 aliphatic carbocycles. The summed E-state index contributed by atoms with van der Waals surface area (Å²) in [7, 11) is 0. The average Bonchev–Trinajstić information content (AvgIpc) is 2.81. The number of para-hydroxylation sites is 3. The SMILES string of the molecule is Cc1cccc(NC(=O)NCC(=O)N(CC(=O)OC(C)(C)C)c2ccccc2Nc2ccccc2)c1. The first-order chi connectivity index (χ1) is 17.1. The number of rotatable bonds is 8. The van der Waals surface area contributed by atoms with Crippen LogP contribution < -0.4 is 20.9 Å². The van der Waals surface area contributed by atoms with Crippen LogP contribution in [0.15, 0.2) is 78.9 Å². The lowest BCUT2D eigenvalue weighted by molar-refractivity contribution is -0.153. The molecule has 36 heavy (non-hydrogen) atoms. The summed E-state index contributed by atoms with van der Waals surface area (Å²) in [6.45, 7) is 6.57. The van der Waals surface area contributed by atoms with Gasteiger partial charge < -0.3 is 20.7 Å². The number of esters is 1. The Hall–Kier alpha value is -4.33. The molecular formula is C28H32N4O4. The quantitative estimate of drug-likeness (QED) is 0.377. The molecule has 3 N–H and O–H groups in total. The minimum atomic E-state index is -0.709. The number of aryl methyl sites for hydroxylation is 1. The molecule has 3 aromatic carbocycles. The summed E-state index contributed by atoms with van der Waals surface area (Å²) >= 11 is 0. The Labute approximate surface area is 211 Å². The summed E-state index contributed by atoms with van der Waals surface area (Å²) in [6.07, 6.45) is 0. The number of urea groups is 1. The molecule has 0 aliphatic heterocycles. The van der Waals surface area contributed by atoms with Gasteiger partial charge in [-0.15, -0.1) is 0 Å². The Balaban J connectivity index is 1.79. The second kappa shape index (κ2) is 11.9. The Morgan fingerprint density at radius 3 is 2.22 bits per heavy atom. The molecule has 0 fully saturated rings. The molecule has 0 bridgehead atoms. The van der Waals surface area contributed by atoms with Crippen molar-refractivity contribution in [2.75, 3.05) is 28.6 Å². The molecule has 0 atom stereocenters. The standard InChI is InChI=1S/C28H32N4O4/c1-20-11-10-14-22(17-20)31-27(35)29-18-25(33)32(19-26(34)36-28(2,3)4)24-16-9-8-15-23(24)30-21-12-6-5-7-13-21/h5-17,30H,18-19H2,1-4H3,(H2,29,31,35). The van der Waals surface area contributed by atoms with Crippen LogP contribution in [0.1, 0.15) is 26.3 Å². The van der Waals surface area contributed by atoms with Crippen LogP contribution >= 0.6 is 0 Å². The Morgan fingerprint density at radius 1 is 0.861 bits per heavy atom. The number of hydrogen-bond donors (Lipinski definition) is 3. The number of nitrogens with one attached hydrogen (secondary N) is 3. The third-order valence-corrected chi connectivity index (χ3v) is 4.93. The van der Waals surface area contributed by atoms with Gasteiger partial charge in [-0.05, 0) is 69.7 Å². The van der Waals surface area contributed by atoms with Crippen LogP contribution in [0.4, 0.5) is 27.5 Å². The second-order valence-electron chi connectivity index (χ2n) is 9.25. The minimum absolute atomic E-state index is 0.315. The van der Waals surface area contributed by atoms with Gasteiger partial charge in [-0.25, -0.2) is 4.79 Å². The molecule has 0 saturated carbocycles. The molecule has 3 amide bonds. The van der Waals surface area contributed by atoms with Crippen molar-refractivity contribution in [3.8, 4) is 0 Å². The van der Waals surface area contributed by atoms with Crippen molar-refractivity contribution in [3.05, 3.63) is 84.4 Å². The number of benzene rings is 3. The molecule has 0 radical (unpaired) electrons. The van der Waals surface area contributed by atoms with E-state index in [0.717, 1.165) is 11.3 Å². The van der Waals surface area contributed by atoms with Crippen molar-refractivity contribution in [2.45, 2.75) is 33.3 Å². The molecule has 0 aromatic heterocycles. The minimum Gasteiger partial charge on any atom is -0.459 e. The molecule has 3 aromatic rings. The van der Waals surface area contributed by atoms with Gasteiger partial charge in [0.25, 0.3) is 0 Å². The monoisotopic (exact) mass is 488 g/mol. The van der Waals surface area contributed by atoms with Crippen LogP contribution in [0, 0.1) is 6.92 Å². The zero-order chi connectivity index (χ0) is 26.1. The van der Waals surface area contributed by atoms with Crippen LogP contribution in [0.3, 0.4) is 0 Å². The molecule has 3 rings (SSSR count). The average molecular weight is 489 g/mol. The van der Waals surface area contributed by atoms with E-state index in [1.807, 2.05) is 67.6 Å². The molecule has 188 valence electrons. The van der Waals surface area contributed by atoms with Crippen molar-refractivity contribution >= 4 is 40.7 Å². The summed E-state index contributed by atoms with van der Waals surface area (Å²) in [4.78, 5) is 39.7. The van der Waals surface area contributed by atoms with Gasteiger partial charge in [-0.1, -0.05) is 42.5 Å². The van der Waals surface area contributed by atoms with Crippen LogP contribution in [-0.2, 0) is 14.3 Å². The highest BCUT2D eigenvalue weighted by Gasteiger charge is 2.25. The van der Waals surface area contributed by atoms with Crippen molar-refractivity contribution in [1.29, 1.82) is 0 Å². The van der Waals surface area contributed by atoms with Crippen LogP contribution in [0.5, 0.6) is 0 Å². The van der Waals surface area contributed by atoms with Gasteiger partial charge in [0.15, 0.2) is 0 Å². The fourth-order valence-corrected chi connectivity index (χ4v) is 3.45. The number of ether oxygens (including phenoxy) is 1. The van der Waals surface area contributed by atoms with E-state index >= 15 is 0 Å². The van der Waals surface area contributed by atoms with E-state index < -0.39 is 23.5 Å². The summed E-state index contributed by atoms with van der Waals surface area (Å²) in [5.74, 6) is -1.03. The maximum Gasteiger partial charge on any atom is 0.326 e. The van der Waals surface area contributed by atoms with E-state index in [0.29, 0.717) is 17.1 Å². The topological polar surface area (TPSA) is 99.8 Å². The van der Waals surface area contributed by atoms with E-state index in [1.54, 1.807) is 39.0 Å². The van der Waals surface area contributed by atoms with Gasteiger partial charge >= 0.3 is 12.0 Å². The third kappa shape index (κ3) is 8.16. The number of anilines is 4. The maximum atomic E-state index is 13.3. The van der Waals surface area contributed by atoms with E-state index in [1.165, 1.54) is 4.90 Å². The smallest absolute Gasteiger partial charge is 0.326 e. The summed E-state index contributed by atoms with van der Waals surface area (Å²) < 4.78 is 5.46. The normalized spacial score (nSPS) is 10.8. The van der Waals surface area contributed by atoms with Crippen molar-refractivity contribution in [3.63, 3.8) is 0 Å². The lowest BCUT2D eigenvalue weighted by Gasteiger charge is -2.27. The van der Waals surface area contributed by atoms with E-state index in [2.05, 4.69) is 16.0 Å². The number of amides is 3. The van der Waals surface area contributed by atoms with Crippen LogP contribution in [0.2, 0.25) is 0 Å². The molecule has 8 heteroatoms. The Morgan fingerprint density at radius 2 is 1.53 bits per heavy atom. The molecule has 0 spiro atoms. The largest absolute Gasteiger partial charge is 0.459 e. The number of nitrogens with zero attached hydrogens (tertiary/aromatic N) is 1. The summed E-state index contributed by atoms with van der Waals surface area (Å²) in [6, 6.07) is 23.4. The van der Waals surface area contributed by atoms with Crippen LogP contribution in [0.25, 0.3) is 0 Å². The van der Waals surface area contributed by atoms with Gasteiger partial charge in [-0.2, -0.15) is 0 Å². The highest BCUT2D eigenvalue weighted by molar-refractivity contribution is 6.03. The van der Waals surface area contributed by atoms with Gasteiger partial charge in [-0.3, -0.25) is 14.5 Å². The first-order valence-electron chi connectivity index (χ1n) is 11.7. The lowest BCUT2D eigenvalue weighted by Crippen LogP contribution is -2.45. The Kier molecular flexibility index (Phi) is 8.67. The van der Waals surface area contributed by atoms with Crippen LogP contribution in [-0.4, -0.2) is 36.6 Å². The predicted octanol–water partition coefficient (Wildman–Crippen LogP) is 5.24. The Bertz CT molecular complexity index is 1210. The van der Waals surface area contributed by atoms with Crippen molar-refractivity contribution in [2.24, 2.45) is 0 Å². The van der Waals surface area contributed by atoms with Gasteiger partial charge in [0.2, 0.25) is 5.91 Å². The maximum absolute atomic E-state index is 13.3. The van der Waals surface area contributed by atoms with E-state index in [-0.39, 0.29) is 13.1 Å². The van der Waals surface area contributed by atoms with Gasteiger partial charge in [0.1, 0.15) is 12.1 Å². The molecule has 0 unspecified atom stereocenters. The van der Waals surface area contributed by atoms with Crippen molar-refractivity contribution in [1.82, 2.24) is 5.32 Å². The number of carbonyl (C=O) groups excluding carboxylic acids is 3. The van der Waals surface area contributed by atoms with Gasteiger partial charge in [0.05, 0.1) is 17.9 Å². The van der Waals surface area contributed by atoms with E-state index in [9.17, 15) is 14.4 Å². The highest BCUT2D eigenvalue weighted by atomic mass is 16.6. The second-order valence-corrected chi connectivity index (χ2v) is 9.25. The molecule has 0 aliphatic rings. The highest BCUT2D eigenvalue weighted by Crippen LogP contribution is 2.29. The van der Waals surface area contributed by atoms with Gasteiger partial charge in [0, 0.05) is 11.4 Å². The summed E-state index contributed by atoms with van der Waals surface area (Å²) in [5.41, 5.74) is 2.84. The zero-order valence-corrected chi connectivity index (χ0v) is 21.0. The molecule has 0 saturated heterocycles. The molecular weight excluding hydrogens is 456 g/mol. The lowest BCUT2D eigenvalue weighted by atomic mass is 10.2. The molecule has 8 nitrogen and oxygen atoms in total. The number of carbonyl (C=O) groups is 3. The fraction of sp³-hybridized carbons (Fsp3) is 0.250. The third-order valence-electron chi connectivity index (χ3n) is 4.93. The molecule has 0 heterocycles. The fourth-order valence-electron chi connectivity index (χ4n) is 3.45. The number of hydrogen-bond acceptors (Lipinski definition) is 5. The van der Waals surface area contributed by atoms with E-state index in [4.69, 9.17) is 4.74 Å². The van der Waals surface area contributed by atoms with Crippen molar-refractivity contribution < 1.29 is 19.1 Å². The zero-order valence-electron chi connectivity index (χ0n) is 21.0.